The van der Waals surface area contributed by atoms with Crippen molar-refractivity contribution in [2.45, 2.75) is 19.4 Å². The summed E-state index contributed by atoms with van der Waals surface area (Å²) in [4.78, 5) is 33.7. The molecule has 0 bridgehead atoms. The van der Waals surface area contributed by atoms with E-state index < -0.39 is 6.04 Å². The molecule has 20 heavy (non-hydrogen) atoms. The molecule has 2 aromatic rings. The standard InChI is InChI=1S/C12H14N6O2/c1-2-7-12(20)16-9(19)6-18(7)11-10-14-3-4-17(10)5-8(13)15-11/h3-5,7H,2,6,13H2,1H3,(H,16,19,20). The molecule has 1 aliphatic heterocycles. The summed E-state index contributed by atoms with van der Waals surface area (Å²) < 4.78 is 1.72. The Morgan fingerprint density at radius 2 is 2.30 bits per heavy atom. The number of nitrogens with two attached hydrogens (primary N) is 1. The number of hydrogen-bond acceptors (Lipinski definition) is 6. The first kappa shape index (κ1) is 12.4. The van der Waals surface area contributed by atoms with Gasteiger partial charge in [-0.05, 0) is 6.42 Å². The zero-order chi connectivity index (χ0) is 14.3. The quantitative estimate of drug-likeness (QED) is 0.719. The van der Waals surface area contributed by atoms with Gasteiger partial charge < -0.3 is 15.0 Å². The third-order valence-corrected chi connectivity index (χ3v) is 3.29. The van der Waals surface area contributed by atoms with Crippen molar-refractivity contribution >= 4 is 29.1 Å². The van der Waals surface area contributed by atoms with E-state index in [0.717, 1.165) is 0 Å². The van der Waals surface area contributed by atoms with Crippen LogP contribution in [-0.4, -0.2) is 38.8 Å². The van der Waals surface area contributed by atoms with Gasteiger partial charge in [-0.2, -0.15) is 0 Å². The van der Waals surface area contributed by atoms with Gasteiger partial charge in [0, 0.05) is 12.4 Å². The van der Waals surface area contributed by atoms with E-state index in [1.54, 1.807) is 27.9 Å². The van der Waals surface area contributed by atoms with Crippen molar-refractivity contribution in [3.63, 3.8) is 0 Å². The average molecular weight is 274 g/mol. The predicted octanol–water partition coefficient (Wildman–Crippen LogP) is -0.447. The normalized spacial score (nSPS) is 19.4. The highest BCUT2D eigenvalue weighted by molar-refractivity contribution is 6.05. The number of anilines is 2. The van der Waals surface area contributed by atoms with E-state index in [2.05, 4.69) is 15.3 Å². The molecule has 2 amide bonds. The average Bonchev–Trinajstić information content (AvgIpc) is 2.84. The molecule has 8 heteroatoms. The SMILES string of the molecule is CCC1C(=O)NC(=O)CN1c1nc(N)cn2ccnc12. The maximum atomic E-state index is 11.9. The fourth-order valence-corrected chi connectivity index (χ4v) is 2.42. The molecule has 1 atom stereocenters. The summed E-state index contributed by atoms with van der Waals surface area (Å²) in [6.07, 6.45) is 5.55. The third-order valence-electron chi connectivity index (χ3n) is 3.29. The number of carbonyl (C=O) groups is 2. The molecule has 3 rings (SSSR count). The van der Waals surface area contributed by atoms with Gasteiger partial charge in [0.25, 0.3) is 0 Å². The Morgan fingerprint density at radius 3 is 3.05 bits per heavy atom. The van der Waals surface area contributed by atoms with Crippen LogP contribution in [0.5, 0.6) is 0 Å². The highest BCUT2D eigenvalue weighted by Crippen LogP contribution is 2.24. The Labute approximate surface area is 114 Å². The molecular weight excluding hydrogens is 260 g/mol. The second kappa shape index (κ2) is 4.48. The first-order chi connectivity index (χ1) is 9.60. The molecule has 0 spiro atoms. The van der Waals surface area contributed by atoms with Crippen molar-refractivity contribution in [1.82, 2.24) is 19.7 Å². The summed E-state index contributed by atoms with van der Waals surface area (Å²) in [5.74, 6) is 0.0788. The molecule has 1 aliphatic rings. The highest BCUT2D eigenvalue weighted by Gasteiger charge is 2.34. The van der Waals surface area contributed by atoms with Crippen molar-refractivity contribution in [3.8, 4) is 0 Å². The van der Waals surface area contributed by atoms with Crippen molar-refractivity contribution in [2.75, 3.05) is 17.2 Å². The number of imide groups is 1. The number of nitrogens with zero attached hydrogens (tertiary/aromatic N) is 4. The number of carbonyl (C=O) groups excluding carboxylic acids is 2. The second-order valence-corrected chi connectivity index (χ2v) is 4.61. The number of rotatable bonds is 2. The van der Waals surface area contributed by atoms with Gasteiger partial charge in [-0.25, -0.2) is 9.97 Å². The van der Waals surface area contributed by atoms with E-state index in [-0.39, 0.29) is 18.4 Å². The lowest BCUT2D eigenvalue weighted by molar-refractivity contribution is -0.132. The van der Waals surface area contributed by atoms with E-state index in [0.29, 0.717) is 23.7 Å². The lowest BCUT2D eigenvalue weighted by Crippen LogP contribution is -2.58. The Balaban J connectivity index is 2.14. The van der Waals surface area contributed by atoms with Gasteiger partial charge in [0.1, 0.15) is 11.9 Å². The topological polar surface area (TPSA) is 106 Å². The lowest BCUT2D eigenvalue weighted by atomic mass is 10.1. The van der Waals surface area contributed by atoms with E-state index in [1.807, 2.05) is 6.92 Å². The third kappa shape index (κ3) is 1.85. The Kier molecular flexibility index (Phi) is 2.78. The molecule has 2 aromatic heterocycles. The number of imidazole rings is 1. The van der Waals surface area contributed by atoms with Crippen molar-refractivity contribution in [3.05, 3.63) is 18.6 Å². The van der Waals surface area contributed by atoms with Crippen LogP contribution in [-0.2, 0) is 9.59 Å². The van der Waals surface area contributed by atoms with E-state index >= 15 is 0 Å². The number of fused-ring (bicyclic) bond motifs is 1. The van der Waals surface area contributed by atoms with Crippen LogP contribution < -0.4 is 16.0 Å². The lowest BCUT2D eigenvalue weighted by Gasteiger charge is -2.34. The van der Waals surface area contributed by atoms with Crippen LogP contribution in [0.25, 0.3) is 5.65 Å². The molecule has 0 aliphatic carbocycles. The van der Waals surface area contributed by atoms with Crippen molar-refractivity contribution in [1.29, 1.82) is 0 Å². The van der Waals surface area contributed by atoms with Gasteiger partial charge in [-0.3, -0.25) is 14.9 Å². The number of amides is 2. The molecule has 1 fully saturated rings. The molecule has 8 nitrogen and oxygen atoms in total. The van der Waals surface area contributed by atoms with Crippen LogP contribution in [0.2, 0.25) is 0 Å². The summed E-state index contributed by atoms with van der Waals surface area (Å²) in [5, 5.41) is 2.33. The van der Waals surface area contributed by atoms with Gasteiger partial charge in [0.2, 0.25) is 11.8 Å². The summed E-state index contributed by atoms with van der Waals surface area (Å²) >= 11 is 0. The van der Waals surface area contributed by atoms with Crippen LogP contribution in [0.15, 0.2) is 18.6 Å². The molecule has 0 radical (unpaired) electrons. The highest BCUT2D eigenvalue weighted by atomic mass is 16.2. The second-order valence-electron chi connectivity index (χ2n) is 4.61. The Bertz CT molecular complexity index is 694. The number of aromatic nitrogens is 3. The smallest absolute Gasteiger partial charge is 0.249 e. The van der Waals surface area contributed by atoms with Gasteiger partial charge >= 0.3 is 0 Å². The van der Waals surface area contributed by atoms with Gasteiger partial charge in [-0.1, -0.05) is 6.92 Å². The minimum atomic E-state index is -0.456. The molecule has 1 saturated heterocycles. The maximum Gasteiger partial charge on any atom is 0.249 e. The van der Waals surface area contributed by atoms with E-state index in [1.165, 1.54) is 0 Å². The number of hydrogen-bond donors (Lipinski definition) is 2. The molecular formula is C12H14N6O2. The van der Waals surface area contributed by atoms with Gasteiger partial charge in [0.15, 0.2) is 11.5 Å². The Morgan fingerprint density at radius 1 is 1.50 bits per heavy atom. The van der Waals surface area contributed by atoms with Crippen LogP contribution in [0, 0.1) is 0 Å². The van der Waals surface area contributed by atoms with Gasteiger partial charge in [0.05, 0.1) is 12.7 Å². The zero-order valence-electron chi connectivity index (χ0n) is 10.9. The first-order valence-corrected chi connectivity index (χ1v) is 6.29. The minimum absolute atomic E-state index is 0.0588. The first-order valence-electron chi connectivity index (χ1n) is 6.29. The minimum Gasteiger partial charge on any atom is -0.382 e. The maximum absolute atomic E-state index is 11.9. The van der Waals surface area contributed by atoms with E-state index in [4.69, 9.17) is 5.73 Å². The zero-order valence-corrected chi connectivity index (χ0v) is 10.9. The predicted molar refractivity (Wildman–Crippen MR) is 72.0 cm³/mol. The van der Waals surface area contributed by atoms with Crippen LogP contribution in [0.1, 0.15) is 13.3 Å². The van der Waals surface area contributed by atoms with Crippen molar-refractivity contribution < 1.29 is 9.59 Å². The summed E-state index contributed by atoms with van der Waals surface area (Å²) in [6.45, 7) is 1.94. The Hall–Kier alpha value is -2.64. The molecule has 104 valence electrons. The molecule has 3 heterocycles. The molecule has 1 unspecified atom stereocenters. The number of piperazine rings is 1. The van der Waals surface area contributed by atoms with Crippen LogP contribution in [0.4, 0.5) is 11.6 Å². The van der Waals surface area contributed by atoms with Crippen LogP contribution in [0.3, 0.4) is 0 Å². The summed E-state index contributed by atoms with van der Waals surface area (Å²) in [6, 6.07) is -0.456. The van der Waals surface area contributed by atoms with Crippen molar-refractivity contribution in [2.24, 2.45) is 0 Å². The molecule has 3 N–H and O–H groups in total. The number of nitrogens with one attached hydrogen (secondary N) is 1. The van der Waals surface area contributed by atoms with Crippen LogP contribution >= 0.6 is 0 Å². The fourth-order valence-electron chi connectivity index (χ4n) is 2.42. The summed E-state index contributed by atoms with van der Waals surface area (Å²) in [5.41, 5.74) is 6.34. The molecule has 0 saturated carbocycles. The number of nitrogen functional groups attached to an aromatic ring is 1. The largest absolute Gasteiger partial charge is 0.382 e. The molecule has 0 aromatic carbocycles. The summed E-state index contributed by atoms with van der Waals surface area (Å²) in [7, 11) is 0. The van der Waals surface area contributed by atoms with E-state index in [9.17, 15) is 9.59 Å². The monoisotopic (exact) mass is 274 g/mol. The fraction of sp³-hybridized carbons (Fsp3) is 0.333. The van der Waals surface area contributed by atoms with Gasteiger partial charge in [-0.15, -0.1) is 0 Å².